The second-order valence-corrected chi connectivity index (χ2v) is 5.56. The molecule has 1 heterocycles. The van der Waals surface area contributed by atoms with Crippen LogP contribution in [0.1, 0.15) is 12.8 Å². The lowest BCUT2D eigenvalue weighted by molar-refractivity contribution is -0.136. The molecule has 1 saturated carbocycles. The zero-order chi connectivity index (χ0) is 12.7. The molecule has 2 unspecified atom stereocenters. The minimum atomic E-state index is -0.879. The highest BCUT2D eigenvalue weighted by atomic mass is 16.4. The summed E-state index contributed by atoms with van der Waals surface area (Å²) in [6.45, 7) is 1.87. The number of hydrogen-bond acceptors (Lipinski definition) is 2. The number of amides is 2. The smallest absolute Gasteiger partial charge is 0.317 e. The second kappa shape index (κ2) is 4.30. The van der Waals surface area contributed by atoms with Gasteiger partial charge in [0, 0.05) is 19.6 Å². The number of allylic oxidation sites excluding steroid dienone is 2. The molecule has 0 aromatic heterocycles. The van der Waals surface area contributed by atoms with E-state index >= 15 is 0 Å². The number of carboxylic acid groups (broad SMARTS) is 1. The summed E-state index contributed by atoms with van der Waals surface area (Å²) in [5, 5.41) is 11.2. The van der Waals surface area contributed by atoms with Gasteiger partial charge in [-0.05, 0) is 30.1 Å². The molecule has 0 aromatic rings. The first-order valence-corrected chi connectivity index (χ1v) is 6.58. The fourth-order valence-electron chi connectivity index (χ4n) is 3.71. The average Bonchev–Trinajstić information content (AvgIpc) is 3.00. The van der Waals surface area contributed by atoms with Crippen LogP contribution in [0.25, 0.3) is 0 Å². The first kappa shape index (κ1) is 11.6. The summed E-state index contributed by atoms with van der Waals surface area (Å²) >= 11 is 0. The number of hydrogen-bond donors (Lipinski definition) is 2. The summed E-state index contributed by atoms with van der Waals surface area (Å²) in [7, 11) is 0. The Morgan fingerprint density at radius 3 is 2.39 bits per heavy atom. The zero-order valence-corrected chi connectivity index (χ0v) is 10.2. The van der Waals surface area contributed by atoms with E-state index in [-0.39, 0.29) is 19.0 Å². The number of carbonyl (C=O) groups is 2. The maximum absolute atomic E-state index is 11.9. The number of likely N-dealkylation sites (tertiary alicyclic amines) is 1. The van der Waals surface area contributed by atoms with Gasteiger partial charge in [-0.3, -0.25) is 4.79 Å². The van der Waals surface area contributed by atoms with Crippen LogP contribution in [0.5, 0.6) is 0 Å². The Balaban J connectivity index is 1.51. The molecule has 4 atom stereocenters. The molecule has 1 saturated heterocycles. The largest absolute Gasteiger partial charge is 0.481 e. The van der Waals surface area contributed by atoms with Crippen LogP contribution in [0.4, 0.5) is 4.79 Å². The molecule has 2 amide bonds. The van der Waals surface area contributed by atoms with Gasteiger partial charge in [-0.25, -0.2) is 4.79 Å². The molecule has 2 bridgehead atoms. The molecule has 0 radical (unpaired) electrons. The second-order valence-electron chi connectivity index (χ2n) is 5.56. The molecule has 1 aliphatic heterocycles. The topological polar surface area (TPSA) is 69.6 Å². The van der Waals surface area contributed by atoms with E-state index in [9.17, 15) is 9.59 Å². The molecule has 2 fully saturated rings. The van der Waals surface area contributed by atoms with Crippen molar-refractivity contribution in [2.24, 2.45) is 23.7 Å². The van der Waals surface area contributed by atoms with E-state index in [0.717, 1.165) is 13.1 Å². The van der Waals surface area contributed by atoms with E-state index in [1.807, 2.05) is 4.90 Å². The van der Waals surface area contributed by atoms with E-state index < -0.39 is 5.97 Å². The Morgan fingerprint density at radius 2 is 1.83 bits per heavy atom. The van der Waals surface area contributed by atoms with Crippen LogP contribution in [0.15, 0.2) is 12.2 Å². The number of urea groups is 1. The number of aliphatic carboxylic acids is 1. The predicted molar refractivity (Wildman–Crippen MR) is 64.9 cm³/mol. The van der Waals surface area contributed by atoms with Gasteiger partial charge < -0.3 is 15.3 Å². The Morgan fingerprint density at radius 1 is 1.22 bits per heavy atom. The van der Waals surface area contributed by atoms with Crippen molar-refractivity contribution in [2.45, 2.75) is 12.8 Å². The van der Waals surface area contributed by atoms with Gasteiger partial charge in [-0.1, -0.05) is 12.2 Å². The highest BCUT2D eigenvalue weighted by Crippen LogP contribution is 2.51. The Hall–Kier alpha value is -1.52. The predicted octanol–water partition coefficient (Wildman–Crippen LogP) is 0.925. The third kappa shape index (κ3) is 1.87. The molecule has 98 valence electrons. The molecular weight excluding hydrogens is 232 g/mol. The first-order chi connectivity index (χ1) is 8.65. The first-order valence-electron chi connectivity index (χ1n) is 6.58. The lowest BCUT2D eigenvalue weighted by Crippen LogP contribution is -2.40. The van der Waals surface area contributed by atoms with Crippen LogP contribution in [0.3, 0.4) is 0 Å². The maximum Gasteiger partial charge on any atom is 0.317 e. The van der Waals surface area contributed by atoms with Crippen molar-refractivity contribution in [1.29, 1.82) is 0 Å². The van der Waals surface area contributed by atoms with Crippen molar-refractivity contribution in [3.05, 3.63) is 12.2 Å². The quantitative estimate of drug-likeness (QED) is 0.732. The monoisotopic (exact) mass is 250 g/mol. The molecule has 3 aliphatic rings. The van der Waals surface area contributed by atoms with Crippen molar-refractivity contribution in [3.63, 3.8) is 0 Å². The van der Waals surface area contributed by atoms with E-state index in [2.05, 4.69) is 17.5 Å². The SMILES string of the molecule is O=C(O)CCNC(=O)N1C[C@@H]2C3C=CC(C3)[C@@H]2C1. The van der Waals surface area contributed by atoms with Crippen LogP contribution in [0, 0.1) is 23.7 Å². The van der Waals surface area contributed by atoms with Crippen LogP contribution >= 0.6 is 0 Å². The molecule has 18 heavy (non-hydrogen) atoms. The van der Waals surface area contributed by atoms with Gasteiger partial charge in [-0.15, -0.1) is 0 Å². The molecular formula is C13H18N2O3. The minimum absolute atomic E-state index is 0.0146. The summed E-state index contributed by atoms with van der Waals surface area (Å²) < 4.78 is 0. The average molecular weight is 250 g/mol. The fraction of sp³-hybridized carbons (Fsp3) is 0.692. The normalized spacial score (nSPS) is 35.9. The Labute approximate surface area is 106 Å². The Kier molecular flexibility index (Phi) is 2.76. The van der Waals surface area contributed by atoms with E-state index in [0.29, 0.717) is 23.7 Å². The molecule has 2 aliphatic carbocycles. The summed E-state index contributed by atoms with van der Waals surface area (Å²) in [6, 6.07) is -0.106. The highest BCUT2D eigenvalue weighted by molar-refractivity contribution is 5.75. The minimum Gasteiger partial charge on any atom is -0.481 e. The molecule has 0 aromatic carbocycles. The summed E-state index contributed by atoms with van der Waals surface area (Å²) in [6.07, 6.45) is 5.86. The zero-order valence-electron chi connectivity index (χ0n) is 10.2. The van der Waals surface area contributed by atoms with Gasteiger partial charge in [0.1, 0.15) is 0 Å². The van der Waals surface area contributed by atoms with Crippen LogP contribution in [-0.4, -0.2) is 41.6 Å². The standard InChI is InChI=1S/C13H18N2O3/c16-12(17)3-4-14-13(18)15-6-10-8-1-2-9(5-8)11(10)7-15/h1-2,8-11H,3-7H2,(H,14,18)(H,16,17)/t8?,9?,10-,11+. The maximum atomic E-state index is 11.9. The lowest BCUT2D eigenvalue weighted by atomic mass is 9.86. The summed E-state index contributed by atoms with van der Waals surface area (Å²) in [5.41, 5.74) is 0. The molecule has 5 nitrogen and oxygen atoms in total. The molecule has 5 heteroatoms. The van der Waals surface area contributed by atoms with Gasteiger partial charge in [0.15, 0.2) is 0 Å². The van der Waals surface area contributed by atoms with Crippen LogP contribution in [0.2, 0.25) is 0 Å². The van der Waals surface area contributed by atoms with Crippen LogP contribution < -0.4 is 5.32 Å². The van der Waals surface area contributed by atoms with Gasteiger partial charge in [0.25, 0.3) is 0 Å². The lowest BCUT2D eigenvalue weighted by Gasteiger charge is -2.18. The van der Waals surface area contributed by atoms with Crippen molar-refractivity contribution < 1.29 is 14.7 Å². The third-order valence-electron chi connectivity index (χ3n) is 4.56. The van der Waals surface area contributed by atoms with E-state index in [4.69, 9.17) is 5.11 Å². The van der Waals surface area contributed by atoms with E-state index in [1.165, 1.54) is 6.42 Å². The van der Waals surface area contributed by atoms with Gasteiger partial charge >= 0.3 is 12.0 Å². The number of rotatable bonds is 3. The van der Waals surface area contributed by atoms with Crippen molar-refractivity contribution >= 4 is 12.0 Å². The highest BCUT2D eigenvalue weighted by Gasteiger charge is 2.49. The number of nitrogens with zero attached hydrogens (tertiary/aromatic N) is 1. The summed E-state index contributed by atoms with van der Waals surface area (Å²) in [5.74, 6) is 1.71. The third-order valence-corrected chi connectivity index (χ3v) is 4.56. The van der Waals surface area contributed by atoms with Crippen molar-refractivity contribution in [2.75, 3.05) is 19.6 Å². The molecule has 0 spiro atoms. The number of nitrogens with one attached hydrogen (secondary N) is 1. The van der Waals surface area contributed by atoms with Gasteiger partial charge in [0.05, 0.1) is 6.42 Å². The van der Waals surface area contributed by atoms with Gasteiger partial charge in [0.2, 0.25) is 0 Å². The van der Waals surface area contributed by atoms with Crippen molar-refractivity contribution in [1.82, 2.24) is 10.2 Å². The number of fused-ring (bicyclic) bond motifs is 5. The van der Waals surface area contributed by atoms with Crippen LogP contribution in [-0.2, 0) is 4.79 Å². The molecule has 3 rings (SSSR count). The Bertz CT molecular complexity index is 387. The van der Waals surface area contributed by atoms with E-state index in [1.54, 1.807) is 0 Å². The number of carbonyl (C=O) groups excluding carboxylic acids is 1. The number of carboxylic acids is 1. The summed E-state index contributed by atoms with van der Waals surface area (Å²) in [4.78, 5) is 24.1. The van der Waals surface area contributed by atoms with Gasteiger partial charge in [-0.2, -0.15) is 0 Å². The fourth-order valence-corrected chi connectivity index (χ4v) is 3.71. The van der Waals surface area contributed by atoms with Crippen molar-refractivity contribution in [3.8, 4) is 0 Å². The molecule has 2 N–H and O–H groups in total.